The van der Waals surface area contributed by atoms with Gasteiger partial charge in [-0.05, 0) is 53.9 Å². The first-order valence-corrected chi connectivity index (χ1v) is 12.5. The highest BCUT2D eigenvalue weighted by atomic mass is 35.5. The van der Waals surface area contributed by atoms with Crippen molar-refractivity contribution in [1.82, 2.24) is 14.9 Å². The first kappa shape index (κ1) is 20.3. The van der Waals surface area contributed by atoms with E-state index in [0.717, 1.165) is 26.7 Å². The van der Waals surface area contributed by atoms with Crippen LogP contribution in [0, 0.1) is 6.92 Å². The summed E-state index contributed by atoms with van der Waals surface area (Å²) in [6.07, 6.45) is 0.510. The summed E-state index contributed by atoms with van der Waals surface area (Å²) in [5, 5.41) is 12.1. The Morgan fingerprint density at radius 3 is 2.48 bits per heavy atom. The van der Waals surface area contributed by atoms with Gasteiger partial charge in [-0.2, -0.15) is 5.10 Å². The molecule has 0 atom stereocenters. The third-order valence-corrected chi connectivity index (χ3v) is 8.34. The van der Waals surface area contributed by atoms with Crippen LogP contribution >= 0.6 is 34.3 Å². The van der Waals surface area contributed by atoms with Crippen LogP contribution in [-0.2, 0) is 16.4 Å². The largest absolute Gasteiger partial charge is 0.276 e. The molecule has 9 heteroatoms. The monoisotopic (exact) mass is 463 g/mol. The highest BCUT2D eigenvalue weighted by Gasteiger charge is 2.21. The van der Waals surface area contributed by atoms with Crippen molar-refractivity contribution in [3.63, 3.8) is 0 Å². The molecule has 0 aliphatic rings. The number of thiophene rings is 2. The molecule has 0 spiro atoms. The molecular formula is C20H18ClN3O2S3. The number of rotatable bonds is 7. The van der Waals surface area contributed by atoms with Crippen molar-refractivity contribution < 1.29 is 8.42 Å². The van der Waals surface area contributed by atoms with Gasteiger partial charge >= 0.3 is 0 Å². The summed E-state index contributed by atoms with van der Waals surface area (Å²) in [7, 11) is -3.66. The summed E-state index contributed by atoms with van der Waals surface area (Å²) >= 11 is 9.32. The maximum absolute atomic E-state index is 12.8. The summed E-state index contributed by atoms with van der Waals surface area (Å²) < 4.78 is 28.2. The SMILES string of the molecule is Cc1c(Cl)cccc1S(=O)(=O)NCCc1c(-c2cccs2)n[nH]c1-c1cccs1. The highest BCUT2D eigenvalue weighted by molar-refractivity contribution is 7.89. The van der Waals surface area contributed by atoms with Gasteiger partial charge in [-0.1, -0.05) is 29.8 Å². The highest BCUT2D eigenvalue weighted by Crippen LogP contribution is 2.34. The average Bonchev–Trinajstić information content (AvgIpc) is 3.44. The normalized spacial score (nSPS) is 11.8. The van der Waals surface area contributed by atoms with Crippen molar-refractivity contribution in [2.45, 2.75) is 18.2 Å². The fourth-order valence-electron chi connectivity index (χ4n) is 3.12. The second-order valence-corrected chi connectivity index (χ2v) is 10.4. The lowest BCUT2D eigenvalue weighted by atomic mass is 10.1. The number of halogens is 1. The van der Waals surface area contributed by atoms with E-state index in [1.807, 2.05) is 35.0 Å². The van der Waals surface area contributed by atoms with Gasteiger partial charge in [0.05, 0.1) is 20.3 Å². The predicted octanol–water partition coefficient (Wildman–Crippen LogP) is 5.35. The Kier molecular flexibility index (Phi) is 5.89. The van der Waals surface area contributed by atoms with E-state index >= 15 is 0 Å². The average molecular weight is 464 g/mol. The van der Waals surface area contributed by atoms with E-state index in [2.05, 4.69) is 14.9 Å². The first-order valence-electron chi connectivity index (χ1n) is 8.87. The van der Waals surface area contributed by atoms with Crippen LogP contribution in [0.1, 0.15) is 11.1 Å². The number of hydrogen-bond donors (Lipinski definition) is 2. The van der Waals surface area contributed by atoms with Crippen LogP contribution in [0.2, 0.25) is 5.02 Å². The molecule has 3 heterocycles. The Bertz CT molecular complexity index is 1160. The molecule has 4 rings (SSSR count). The van der Waals surface area contributed by atoms with Gasteiger partial charge in [-0.3, -0.25) is 5.10 Å². The lowest BCUT2D eigenvalue weighted by Crippen LogP contribution is -2.26. The quantitative estimate of drug-likeness (QED) is 0.388. The third kappa shape index (κ3) is 4.17. The zero-order valence-corrected chi connectivity index (χ0v) is 18.7. The van der Waals surface area contributed by atoms with Crippen molar-refractivity contribution in [1.29, 1.82) is 0 Å². The second-order valence-electron chi connectivity index (χ2n) is 6.39. The molecule has 1 aromatic carbocycles. The van der Waals surface area contributed by atoms with Crippen LogP contribution in [-0.4, -0.2) is 25.2 Å². The summed E-state index contributed by atoms with van der Waals surface area (Å²) in [5.41, 5.74) is 3.34. The molecule has 5 nitrogen and oxygen atoms in total. The molecule has 2 N–H and O–H groups in total. The van der Waals surface area contributed by atoms with Gasteiger partial charge < -0.3 is 0 Å². The summed E-state index contributed by atoms with van der Waals surface area (Å²) in [4.78, 5) is 2.32. The van der Waals surface area contributed by atoms with Crippen molar-refractivity contribution in [3.8, 4) is 21.1 Å². The Labute approximate surface area is 182 Å². The Morgan fingerprint density at radius 1 is 1.07 bits per heavy atom. The molecular weight excluding hydrogens is 446 g/mol. The molecule has 0 aliphatic carbocycles. The van der Waals surface area contributed by atoms with Gasteiger partial charge in [0.1, 0.15) is 5.69 Å². The molecule has 0 bridgehead atoms. The topological polar surface area (TPSA) is 74.8 Å². The number of benzene rings is 1. The maximum atomic E-state index is 12.8. The van der Waals surface area contributed by atoms with Gasteiger partial charge in [0.25, 0.3) is 0 Å². The van der Waals surface area contributed by atoms with Crippen molar-refractivity contribution >= 4 is 44.3 Å². The third-order valence-electron chi connectivity index (χ3n) is 4.56. The fourth-order valence-corrected chi connectivity index (χ4v) is 6.13. The van der Waals surface area contributed by atoms with Gasteiger partial charge in [-0.15, -0.1) is 22.7 Å². The molecule has 0 radical (unpaired) electrons. The van der Waals surface area contributed by atoms with Crippen LogP contribution in [0.25, 0.3) is 21.1 Å². The molecule has 150 valence electrons. The molecule has 0 unspecified atom stereocenters. The zero-order valence-electron chi connectivity index (χ0n) is 15.5. The van der Waals surface area contributed by atoms with Crippen LogP contribution in [0.15, 0.2) is 58.1 Å². The van der Waals surface area contributed by atoms with Crippen LogP contribution in [0.3, 0.4) is 0 Å². The Hall–Kier alpha value is -1.97. The van der Waals surface area contributed by atoms with Crippen molar-refractivity contribution in [2.24, 2.45) is 0 Å². The summed E-state index contributed by atoms with van der Waals surface area (Å²) in [6.45, 7) is 1.96. The Balaban J connectivity index is 1.60. The predicted molar refractivity (Wildman–Crippen MR) is 120 cm³/mol. The number of aromatic amines is 1. The maximum Gasteiger partial charge on any atom is 0.240 e. The van der Waals surface area contributed by atoms with E-state index < -0.39 is 10.0 Å². The first-order chi connectivity index (χ1) is 14.0. The fraction of sp³-hybridized carbons (Fsp3) is 0.150. The van der Waals surface area contributed by atoms with E-state index in [0.29, 0.717) is 17.0 Å². The minimum absolute atomic E-state index is 0.203. The van der Waals surface area contributed by atoms with Gasteiger partial charge in [0.15, 0.2) is 0 Å². The van der Waals surface area contributed by atoms with E-state index in [1.165, 1.54) is 0 Å². The molecule has 0 saturated heterocycles. The van der Waals surface area contributed by atoms with Gasteiger partial charge in [-0.25, -0.2) is 13.1 Å². The molecule has 0 saturated carbocycles. The number of aromatic nitrogens is 2. The number of nitrogens with zero attached hydrogens (tertiary/aromatic N) is 1. The second kappa shape index (κ2) is 8.41. The molecule has 3 aromatic heterocycles. The zero-order chi connectivity index (χ0) is 20.4. The molecule has 0 fully saturated rings. The molecule has 4 aromatic rings. The van der Waals surface area contributed by atoms with Gasteiger partial charge in [0.2, 0.25) is 10.0 Å². The minimum atomic E-state index is -3.66. The number of H-pyrrole nitrogens is 1. The van der Waals surface area contributed by atoms with Crippen LogP contribution in [0.4, 0.5) is 0 Å². The standard InChI is InChI=1S/C20H18ClN3O2S3/c1-13-15(21)5-2-8-18(13)29(25,26)22-10-9-14-19(16-6-3-11-27-16)23-24-20(14)17-7-4-12-28-17/h2-8,11-12,22H,9-10H2,1H3,(H,23,24). The summed E-state index contributed by atoms with van der Waals surface area (Å²) in [6, 6.07) is 12.9. The van der Waals surface area contributed by atoms with Gasteiger partial charge in [0, 0.05) is 17.1 Å². The lowest BCUT2D eigenvalue weighted by Gasteiger charge is -2.11. The minimum Gasteiger partial charge on any atom is -0.276 e. The number of sulfonamides is 1. The summed E-state index contributed by atoms with van der Waals surface area (Å²) in [5.74, 6) is 0. The van der Waals surface area contributed by atoms with Crippen LogP contribution in [0.5, 0.6) is 0 Å². The Morgan fingerprint density at radius 2 is 1.79 bits per heavy atom. The van der Waals surface area contributed by atoms with Crippen LogP contribution < -0.4 is 4.72 Å². The van der Waals surface area contributed by atoms with Crippen molar-refractivity contribution in [3.05, 3.63) is 69.4 Å². The van der Waals surface area contributed by atoms with E-state index in [-0.39, 0.29) is 11.4 Å². The number of nitrogens with one attached hydrogen (secondary N) is 2. The van der Waals surface area contributed by atoms with Crippen molar-refractivity contribution in [2.75, 3.05) is 6.54 Å². The number of hydrogen-bond acceptors (Lipinski definition) is 5. The van der Waals surface area contributed by atoms with E-state index in [1.54, 1.807) is 47.8 Å². The molecule has 29 heavy (non-hydrogen) atoms. The van der Waals surface area contributed by atoms with E-state index in [9.17, 15) is 8.42 Å². The van der Waals surface area contributed by atoms with E-state index in [4.69, 9.17) is 11.6 Å². The lowest BCUT2D eigenvalue weighted by molar-refractivity contribution is 0.581. The smallest absolute Gasteiger partial charge is 0.240 e. The molecule has 0 aliphatic heterocycles. The molecule has 0 amide bonds.